The molecule has 0 radical (unpaired) electrons. The van der Waals surface area contributed by atoms with Gasteiger partial charge in [0.2, 0.25) is 0 Å². The van der Waals surface area contributed by atoms with Crippen molar-refractivity contribution in [1.29, 1.82) is 0 Å². The Morgan fingerprint density at radius 3 is 2.29 bits per heavy atom. The summed E-state index contributed by atoms with van der Waals surface area (Å²) in [5.74, 6) is -0.219. The van der Waals surface area contributed by atoms with Gasteiger partial charge in [0.15, 0.2) is 11.6 Å². The molecule has 3 nitrogen and oxygen atoms in total. The summed E-state index contributed by atoms with van der Waals surface area (Å²) in [4.78, 5) is 25.2. The van der Waals surface area contributed by atoms with Gasteiger partial charge in [0.25, 0.3) is 0 Å². The second kappa shape index (κ2) is 5.46. The number of ether oxygens (including phenoxy) is 1. The Morgan fingerprint density at radius 2 is 1.57 bits per heavy atom. The summed E-state index contributed by atoms with van der Waals surface area (Å²) in [6.07, 6.45) is 1.65. The van der Waals surface area contributed by atoms with Crippen LogP contribution in [0.1, 0.15) is 37.4 Å². The fraction of sp³-hybridized carbons (Fsp3) is 0.111. The Balaban J connectivity index is 2.10. The van der Waals surface area contributed by atoms with Crippen molar-refractivity contribution in [2.24, 2.45) is 0 Å². The van der Waals surface area contributed by atoms with E-state index < -0.39 is 0 Å². The highest BCUT2D eigenvalue weighted by Gasteiger charge is 2.30. The van der Waals surface area contributed by atoms with E-state index in [9.17, 15) is 9.59 Å². The molecule has 0 saturated carbocycles. The van der Waals surface area contributed by atoms with Gasteiger partial charge in [-0.2, -0.15) is 0 Å². The lowest BCUT2D eigenvalue weighted by molar-refractivity contribution is 0.0973. The Hall–Kier alpha value is -2.52. The maximum absolute atomic E-state index is 12.7. The molecule has 0 bridgehead atoms. The standard InChI is InChI=1S/C18H14O3/c1-2-10-21-11-12-6-5-9-15-16(12)18(20)14-8-4-3-7-13(14)17(15)19/h2-9H,1,10-11H2. The Kier molecular flexibility index (Phi) is 3.50. The second-order valence-corrected chi connectivity index (χ2v) is 4.85. The molecule has 1 aliphatic carbocycles. The van der Waals surface area contributed by atoms with Crippen molar-refractivity contribution < 1.29 is 14.3 Å². The van der Waals surface area contributed by atoms with Crippen molar-refractivity contribution >= 4 is 11.6 Å². The number of fused-ring (bicyclic) bond motifs is 2. The molecule has 0 amide bonds. The molecule has 21 heavy (non-hydrogen) atoms. The molecule has 0 spiro atoms. The molecule has 0 aliphatic heterocycles. The Labute approximate surface area is 122 Å². The van der Waals surface area contributed by atoms with Gasteiger partial charge in [-0.1, -0.05) is 48.5 Å². The van der Waals surface area contributed by atoms with E-state index >= 15 is 0 Å². The van der Waals surface area contributed by atoms with Crippen molar-refractivity contribution in [2.45, 2.75) is 6.61 Å². The number of carbonyl (C=O) groups is 2. The number of benzene rings is 2. The Morgan fingerprint density at radius 1 is 0.905 bits per heavy atom. The van der Waals surface area contributed by atoms with Gasteiger partial charge in [-0.3, -0.25) is 9.59 Å². The SMILES string of the molecule is C=CCOCc1cccc2c1C(=O)c1ccccc1C2=O. The van der Waals surface area contributed by atoms with Gasteiger partial charge in [0, 0.05) is 22.3 Å². The van der Waals surface area contributed by atoms with Crippen molar-refractivity contribution in [3.63, 3.8) is 0 Å². The highest BCUT2D eigenvalue weighted by molar-refractivity contribution is 6.28. The molecular formula is C18H14O3. The predicted octanol–water partition coefficient (Wildman–Crippen LogP) is 3.16. The van der Waals surface area contributed by atoms with Crippen LogP contribution in [0.4, 0.5) is 0 Å². The highest BCUT2D eigenvalue weighted by Crippen LogP contribution is 2.29. The molecule has 3 heteroatoms. The zero-order valence-electron chi connectivity index (χ0n) is 11.5. The molecule has 2 aromatic carbocycles. The second-order valence-electron chi connectivity index (χ2n) is 4.85. The summed E-state index contributed by atoms with van der Waals surface area (Å²) >= 11 is 0. The van der Waals surface area contributed by atoms with Gasteiger partial charge < -0.3 is 4.74 Å². The third-order valence-corrected chi connectivity index (χ3v) is 3.53. The van der Waals surface area contributed by atoms with Crippen LogP contribution in [0.5, 0.6) is 0 Å². The van der Waals surface area contributed by atoms with Gasteiger partial charge >= 0.3 is 0 Å². The normalized spacial score (nSPS) is 12.8. The lowest BCUT2D eigenvalue weighted by atomic mass is 9.82. The average Bonchev–Trinajstić information content (AvgIpc) is 2.53. The molecule has 0 unspecified atom stereocenters. The van der Waals surface area contributed by atoms with Crippen molar-refractivity contribution in [3.8, 4) is 0 Å². The van der Waals surface area contributed by atoms with E-state index in [1.807, 2.05) is 6.07 Å². The number of carbonyl (C=O) groups excluding carboxylic acids is 2. The first-order valence-electron chi connectivity index (χ1n) is 6.73. The van der Waals surface area contributed by atoms with E-state index in [1.54, 1.807) is 42.5 Å². The van der Waals surface area contributed by atoms with Crippen molar-refractivity contribution in [1.82, 2.24) is 0 Å². The quantitative estimate of drug-likeness (QED) is 0.544. The molecule has 0 atom stereocenters. The first-order valence-corrected chi connectivity index (χ1v) is 6.73. The minimum atomic E-state index is -0.113. The number of rotatable bonds is 4. The van der Waals surface area contributed by atoms with Gasteiger partial charge in [-0.15, -0.1) is 6.58 Å². The lowest BCUT2D eigenvalue weighted by Crippen LogP contribution is -2.22. The van der Waals surface area contributed by atoms with E-state index in [1.165, 1.54) is 0 Å². The monoisotopic (exact) mass is 278 g/mol. The molecular weight excluding hydrogens is 264 g/mol. The summed E-state index contributed by atoms with van der Waals surface area (Å²) < 4.78 is 5.42. The van der Waals surface area contributed by atoms with Crippen molar-refractivity contribution in [3.05, 3.63) is 82.9 Å². The third-order valence-electron chi connectivity index (χ3n) is 3.53. The van der Waals surface area contributed by atoms with Crippen LogP contribution in [-0.4, -0.2) is 18.2 Å². The lowest BCUT2D eigenvalue weighted by Gasteiger charge is -2.19. The van der Waals surface area contributed by atoms with Crippen molar-refractivity contribution in [2.75, 3.05) is 6.61 Å². The zero-order valence-corrected chi connectivity index (χ0v) is 11.5. The minimum Gasteiger partial charge on any atom is -0.373 e. The average molecular weight is 278 g/mol. The topological polar surface area (TPSA) is 43.4 Å². The zero-order chi connectivity index (χ0) is 14.8. The Bertz CT molecular complexity index is 744. The van der Waals surface area contributed by atoms with Gasteiger partial charge in [-0.05, 0) is 5.56 Å². The summed E-state index contributed by atoms with van der Waals surface area (Å²) in [7, 11) is 0. The van der Waals surface area contributed by atoms with Crippen LogP contribution in [0.3, 0.4) is 0 Å². The van der Waals surface area contributed by atoms with Crippen LogP contribution in [0.15, 0.2) is 55.1 Å². The number of hydrogen-bond donors (Lipinski definition) is 0. The van der Waals surface area contributed by atoms with E-state index in [0.29, 0.717) is 28.9 Å². The summed E-state index contributed by atoms with van der Waals surface area (Å²) in [6.45, 7) is 4.28. The maximum Gasteiger partial charge on any atom is 0.194 e. The van der Waals surface area contributed by atoms with Gasteiger partial charge in [0.1, 0.15) is 0 Å². The van der Waals surface area contributed by atoms with Gasteiger partial charge in [0.05, 0.1) is 13.2 Å². The molecule has 0 aromatic heterocycles. The smallest absolute Gasteiger partial charge is 0.194 e. The fourth-order valence-electron chi connectivity index (χ4n) is 2.59. The van der Waals surface area contributed by atoms with E-state index in [0.717, 1.165) is 5.56 Å². The number of hydrogen-bond acceptors (Lipinski definition) is 3. The molecule has 0 fully saturated rings. The molecule has 104 valence electrons. The van der Waals surface area contributed by atoms with Gasteiger partial charge in [-0.25, -0.2) is 0 Å². The fourth-order valence-corrected chi connectivity index (χ4v) is 2.59. The largest absolute Gasteiger partial charge is 0.373 e. The number of ketones is 2. The van der Waals surface area contributed by atoms with Crippen LogP contribution in [0, 0.1) is 0 Å². The maximum atomic E-state index is 12.7. The van der Waals surface area contributed by atoms with E-state index in [4.69, 9.17) is 4.74 Å². The molecule has 3 rings (SSSR count). The molecule has 1 aliphatic rings. The minimum absolute atomic E-state index is 0.106. The van der Waals surface area contributed by atoms with E-state index in [2.05, 4.69) is 6.58 Å². The van der Waals surface area contributed by atoms with Crippen LogP contribution in [0.2, 0.25) is 0 Å². The van der Waals surface area contributed by atoms with Crippen LogP contribution < -0.4 is 0 Å². The first kappa shape index (κ1) is 13.5. The molecule has 2 aromatic rings. The summed E-state index contributed by atoms with van der Waals surface area (Å²) in [5.41, 5.74) is 2.59. The summed E-state index contributed by atoms with van der Waals surface area (Å²) in [5, 5.41) is 0. The molecule has 0 saturated heterocycles. The molecule has 0 N–H and O–H groups in total. The van der Waals surface area contributed by atoms with Crippen LogP contribution >= 0.6 is 0 Å². The van der Waals surface area contributed by atoms with E-state index in [-0.39, 0.29) is 18.2 Å². The van der Waals surface area contributed by atoms with Crippen LogP contribution in [0.25, 0.3) is 0 Å². The first-order chi connectivity index (χ1) is 10.2. The highest BCUT2D eigenvalue weighted by atomic mass is 16.5. The third kappa shape index (κ3) is 2.22. The predicted molar refractivity (Wildman–Crippen MR) is 79.6 cm³/mol. The summed E-state index contributed by atoms with van der Waals surface area (Å²) in [6, 6.07) is 12.2. The molecule has 0 heterocycles. The van der Waals surface area contributed by atoms with Crippen LogP contribution in [-0.2, 0) is 11.3 Å².